The molecule has 0 saturated carbocycles. The van der Waals surface area contributed by atoms with Gasteiger partial charge in [-0.15, -0.1) is 0 Å². The van der Waals surface area contributed by atoms with E-state index in [2.05, 4.69) is 17.0 Å². The number of amides is 1. The minimum absolute atomic E-state index is 0.195. The van der Waals surface area contributed by atoms with Crippen molar-refractivity contribution in [3.63, 3.8) is 0 Å². The molecular formula is C20H19NO3. The van der Waals surface area contributed by atoms with E-state index in [1.807, 2.05) is 12.1 Å². The van der Waals surface area contributed by atoms with Crippen LogP contribution >= 0.6 is 0 Å². The van der Waals surface area contributed by atoms with Crippen LogP contribution in [0.5, 0.6) is 0 Å². The van der Waals surface area contributed by atoms with Crippen molar-refractivity contribution in [3.05, 3.63) is 70.8 Å². The lowest BCUT2D eigenvalue weighted by Gasteiger charge is -2.22. The van der Waals surface area contributed by atoms with Crippen molar-refractivity contribution in [1.82, 2.24) is 4.90 Å². The highest BCUT2D eigenvalue weighted by Crippen LogP contribution is 2.53. The van der Waals surface area contributed by atoms with Crippen LogP contribution in [0.25, 0.3) is 0 Å². The van der Waals surface area contributed by atoms with Crippen molar-refractivity contribution in [3.8, 4) is 0 Å². The molecule has 1 amide bonds. The lowest BCUT2D eigenvalue weighted by atomic mass is 9.92. The first-order valence-corrected chi connectivity index (χ1v) is 8.37. The summed E-state index contributed by atoms with van der Waals surface area (Å²) in [6, 6.07) is 15.6. The van der Waals surface area contributed by atoms with E-state index in [1.165, 1.54) is 11.1 Å². The van der Waals surface area contributed by atoms with Crippen molar-refractivity contribution >= 4 is 11.9 Å². The van der Waals surface area contributed by atoms with E-state index in [0.29, 0.717) is 12.8 Å². The molecule has 24 heavy (non-hydrogen) atoms. The van der Waals surface area contributed by atoms with Crippen LogP contribution in [0.1, 0.15) is 58.4 Å². The van der Waals surface area contributed by atoms with E-state index >= 15 is 0 Å². The molecule has 2 atom stereocenters. The van der Waals surface area contributed by atoms with Gasteiger partial charge in [-0.25, -0.2) is 4.79 Å². The molecular weight excluding hydrogens is 302 g/mol. The van der Waals surface area contributed by atoms with Crippen LogP contribution in [0, 0.1) is 0 Å². The summed E-state index contributed by atoms with van der Waals surface area (Å²) in [5.74, 6) is -0.731. The highest BCUT2D eigenvalue weighted by atomic mass is 16.4. The Morgan fingerprint density at radius 3 is 2.08 bits per heavy atom. The molecule has 1 saturated heterocycles. The fourth-order valence-corrected chi connectivity index (χ4v) is 4.08. The van der Waals surface area contributed by atoms with Crippen LogP contribution in [0.2, 0.25) is 0 Å². The van der Waals surface area contributed by atoms with Crippen LogP contribution in [0.4, 0.5) is 0 Å². The Bertz CT molecular complexity index is 766. The van der Waals surface area contributed by atoms with E-state index < -0.39 is 5.97 Å². The zero-order valence-electron chi connectivity index (χ0n) is 13.3. The van der Waals surface area contributed by atoms with E-state index in [9.17, 15) is 9.59 Å². The van der Waals surface area contributed by atoms with Crippen LogP contribution in [-0.2, 0) is 11.2 Å². The van der Waals surface area contributed by atoms with Gasteiger partial charge in [0.1, 0.15) is 0 Å². The van der Waals surface area contributed by atoms with Gasteiger partial charge in [0.15, 0.2) is 0 Å². The number of rotatable bonds is 4. The monoisotopic (exact) mass is 321 g/mol. The largest absolute Gasteiger partial charge is 0.478 e. The molecule has 2 bridgehead atoms. The Morgan fingerprint density at radius 1 is 0.958 bits per heavy atom. The Hall–Kier alpha value is -2.62. The van der Waals surface area contributed by atoms with Crippen molar-refractivity contribution in [2.24, 2.45) is 0 Å². The number of hydrogen-bond acceptors (Lipinski definition) is 2. The first kappa shape index (κ1) is 14.9. The number of carbonyl (C=O) groups is 2. The standard InChI is InChI=1S/C20H19NO3/c22-19(12-7-13-5-8-14(9-6-13)20(23)24)21-17-10-11-18(21)16-4-2-1-3-15(16)17/h1-6,8-9,17-18H,7,10-12H2,(H,23,24). The molecule has 2 aromatic carbocycles. The van der Waals surface area contributed by atoms with Gasteiger partial charge in [0, 0.05) is 6.42 Å². The fourth-order valence-electron chi connectivity index (χ4n) is 4.08. The third-order valence-electron chi connectivity index (χ3n) is 5.22. The average molecular weight is 321 g/mol. The molecule has 4 heteroatoms. The van der Waals surface area contributed by atoms with Crippen molar-refractivity contribution in [2.45, 2.75) is 37.8 Å². The van der Waals surface area contributed by atoms with Gasteiger partial charge in [0.2, 0.25) is 5.91 Å². The average Bonchev–Trinajstić information content (AvgIpc) is 3.17. The number of carboxylic acids is 1. The molecule has 0 radical (unpaired) electrons. The molecule has 2 unspecified atom stereocenters. The maximum atomic E-state index is 12.8. The van der Waals surface area contributed by atoms with Gasteiger partial charge in [-0.2, -0.15) is 0 Å². The molecule has 1 fully saturated rings. The molecule has 0 aromatic heterocycles. The molecule has 0 aliphatic carbocycles. The number of fused-ring (bicyclic) bond motifs is 5. The predicted octanol–water partition coefficient (Wildman–Crippen LogP) is 3.74. The predicted molar refractivity (Wildman–Crippen MR) is 89.7 cm³/mol. The number of carbonyl (C=O) groups excluding carboxylic acids is 1. The molecule has 2 aliphatic rings. The van der Waals surface area contributed by atoms with Gasteiger partial charge in [-0.1, -0.05) is 36.4 Å². The first-order chi connectivity index (χ1) is 11.6. The molecule has 4 rings (SSSR count). The third-order valence-corrected chi connectivity index (χ3v) is 5.22. The minimum Gasteiger partial charge on any atom is -0.478 e. The Labute approximate surface area is 140 Å². The summed E-state index contributed by atoms with van der Waals surface area (Å²) in [7, 11) is 0. The minimum atomic E-state index is -0.927. The SMILES string of the molecule is O=C(O)c1ccc(CCC(=O)N2C3CCC2c2ccccc23)cc1. The summed E-state index contributed by atoms with van der Waals surface area (Å²) in [4.78, 5) is 25.7. The molecule has 122 valence electrons. The van der Waals surface area contributed by atoms with Gasteiger partial charge in [0.05, 0.1) is 17.6 Å². The second-order valence-electron chi connectivity index (χ2n) is 6.54. The van der Waals surface area contributed by atoms with E-state index in [0.717, 1.165) is 18.4 Å². The summed E-state index contributed by atoms with van der Waals surface area (Å²) in [5, 5.41) is 8.93. The maximum Gasteiger partial charge on any atom is 0.335 e. The van der Waals surface area contributed by atoms with Gasteiger partial charge < -0.3 is 10.0 Å². The number of benzene rings is 2. The van der Waals surface area contributed by atoms with E-state index in [1.54, 1.807) is 24.3 Å². The second kappa shape index (κ2) is 5.78. The van der Waals surface area contributed by atoms with Gasteiger partial charge >= 0.3 is 5.97 Å². The molecule has 0 spiro atoms. The summed E-state index contributed by atoms with van der Waals surface area (Å²) in [6.45, 7) is 0. The van der Waals surface area contributed by atoms with Crippen LogP contribution in [0.15, 0.2) is 48.5 Å². The maximum absolute atomic E-state index is 12.8. The lowest BCUT2D eigenvalue weighted by Crippen LogP contribution is -2.28. The molecule has 2 aromatic rings. The second-order valence-corrected chi connectivity index (χ2v) is 6.54. The highest BCUT2D eigenvalue weighted by molar-refractivity contribution is 5.87. The number of aryl methyl sites for hydroxylation is 1. The fraction of sp³-hybridized carbons (Fsp3) is 0.300. The summed E-state index contributed by atoms with van der Waals surface area (Å²) in [6.07, 6.45) is 3.22. The summed E-state index contributed by atoms with van der Waals surface area (Å²) in [5.41, 5.74) is 3.90. The van der Waals surface area contributed by atoms with Gasteiger partial charge in [0.25, 0.3) is 0 Å². The van der Waals surface area contributed by atoms with Crippen molar-refractivity contribution < 1.29 is 14.7 Å². The zero-order valence-corrected chi connectivity index (χ0v) is 13.3. The van der Waals surface area contributed by atoms with Gasteiger partial charge in [-0.05, 0) is 48.1 Å². The molecule has 1 N–H and O–H groups in total. The van der Waals surface area contributed by atoms with E-state index in [-0.39, 0.29) is 23.6 Å². The lowest BCUT2D eigenvalue weighted by molar-refractivity contribution is -0.133. The molecule has 2 heterocycles. The van der Waals surface area contributed by atoms with Crippen molar-refractivity contribution in [2.75, 3.05) is 0 Å². The normalized spacial score (nSPS) is 20.9. The first-order valence-electron chi connectivity index (χ1n) is 8.37. The number of hydrogen-bond donors (Lipinski definition) is 1. The van der Waals surface area contributed by atoms with Crippen molar-refractivity contribution in [1.29, 1.82) is 0 Å². The number of aromatic carboxylic acids is 1. The van der Waals surface area contributed by atoms with Gasteiger partial charge in [-0.3, -0.25) is 4.79 Å². The van der Waals surface area contributed by atoms with Crippen LogP contribution in [0.3, 0.4) is 0 Å². The van der Waals surface area contributed by atoms with Crippen LogP contribution in [-0.4, -0.2) is 21.9 Å². The third kappa shape index (κ3) is 2.39. The number of nitrogens with zero attached hydrogens (tertiary/aromatic N) is 1. The number of carboxylic acid groups (broad SMARTS) is 1. The highest BCUT2D eigenvalue weighted by Gasteiger charge is 2.45. The quantitative estimate of drug-likeness (QED) is 0.933. The zero-order chi connectivity index (χ0) is 16.7. The Balaban J connectivity index is 1.44. The summed E-state index contributed by atoms with van der Waals surface area (Å²) < 4.78 is 0. The topological polar surface area (TPSA) is 57.6 Å². The Kier molecular flexibility index (Phi) is 3.60. The summed E-state index contributed by atoms with van der Waals surface area (Å²) >= 11 is 0. The smallest absolute Gasteiger partial charge is 0.335 e. The Morgan fingerprint density at radius 2 is 1.54 bits per heavy atom. The molecule has 4 nitrogen and oxygen atoms in total. The molecule has 2 aliphatic heterocycles. The van der Waals surface area contributed by atoms with Crippen LogP contribution < -0.4 is 0 Å². The van der Waals surface area contributed by atoms with E-state index in [4.69, 9.17) is 5.11 Å².